The molecule has 0 aliphatic heterocycles. The first kappa shape index (κ1) is 13.9. The zero-order valence-electron chi connectivity index (χ0n) is 12.0. The molecule has 1 amide bonds. The van der Waals surface area contributed by atoms with Crippen molar-refractivity contribution in [1.82, 2.24) is 5.32 Å². The van der Waals surface area contributed by atoms with Crippen LogP contribution < -0.4 is 5.32 Å². The summed E-state index contributed by atoms with van der Waals surface area (Å²) in [5.74, 6) is 0.604. The average molecular weight is 261 g/mol. The average Bonchev–Trinajstić information content (AvgIpc) is 3.03. The molecule has 3 nitrogen and oxygen atoms in total. The minimum atomic E-state index is -0.418. The summed E-state index contributed by atoms with van der Waals surface area (Å²) in [6, 6.07) is 10.8. The molecule has 0 heterocycles. The van der Waals surface area contributed by atoms with E-state index >= 15 is 0 Å². The van der Waals surface area contributed by atoms with E-state index < -0.39 is 5.60 Å². The highest BCUT2D eigenvalue weighted by Gasteiger charge is 2.38. The second-order valence-electron chi connectivity index (χ2n) is 6.27. The van der Waals surface area contributed by atoms with E-state index in [0.29, 0.717) is 12.0 Å². The van der Waals surface area contributed by atoms with Crippen LogP contribution in [0.5, 0.6) is 0 Å². The molecule has 0 aromatic heterocycles. The van der Waals surface area contributed by atoms with Gasteiger partial charge in [-0.15, -0.1) is 0 Å². The van der Waals surface area contributed by atoms with Crippen LogP contribution in [0.3, 0.4) is 0 Å². The second-order valence-corrected chi connectivity index (χ2v) is 6.27. The molecule has 2 atom stereocenters. The monoisotopic (exact) mass is 261 g/mol. The van der Waals surface area contributed by atoms with Gasteiger partial charge in [-0.05, 0) is 51.5 Å². The van der Waals surface area contributed by atoms with E-state index in [2.05, 4.69) is 29.6 Å². The minimum Gasteiger partial charge on any atom is -0.444 e. The zero-order chi connectivity index (χ0) is 13.9. The van der Waals surface area contributed by atoms with Crippen molar-refractivity contribution < 1.29 is 9.53 Å². The van der Waals surface area contributed by atoms with Crippen molar-refractivity contribution in [2.45, 2.75) is 51.7 Å². The third-order valence-electron chi connectivity index (χ3n) is 3.27. The van der Waals surface area contributed by atoms with Crippen LogP contribution in [0.2, 0.25) is 0 Å². The predicted molar refractivity (Wildman–Crippen MR) is 76.0 cm³/mol. The van der Waals surface area contributed by atoms with Crippen LogP contribution in [-0.2, 0) is 11.2 Å². The van der Waals surface area contributed by atoms with Gasteiger partial charge in [-0.3, -0.25) is 0 Å². The fourth-order valence-corrected chi connectivity index (χ4v) is 2.20. The molecule has 2 rings (SSSR count). The van der Waals surface area contributed by atoms with E-state index in [1.807, 2.05) is 26.8 Å². The third kappa shape index (κ3) is 4.93. The number of benzene rings is 1. The highest BCUT2D eigenvalue weighted by Crippen LogP contribution is 2.34. The van der Waals surface area contributed by atoms with Gasteiger partial charge in [0.05, 0.1) is 0 Å². The molecule has 1 aromatic rings. The highest BCUT2D eigenvalue weighted by molar-refractivity contribution is 5.68. The SMILES string of the molecule is CC(C)(C)OC(=O)N[C@H]1C[C@@H]1CCc1ccccc1. The van der Waals surface area contributed by atoms with Crippen LogP contribution >= 0.6 is 0 Å². The van der Waals surface area contributed by atoms with Crippen LogP contribution in [0, 0.1) is 5.92 Å². The second kappa shape index (κ2) is 5.64. The molecular formula is C16H23NO2. The lowest BCUT2D eigenvalue weighted by Gasteiger charge is -2.19. The van der Waals surface area contributed by atoms with Crippen LogP contribution in [0.1, 0.15) is 39.2 Å². The topological polar surface area (TPSA) is 38.3 Å². The first-order valence-electron chi connectivity index (χ1n) is 6.97. The summed E-state index contributed by atoms with van der Waals surface area (Å²) in [5, 5.41) is 2.94. The van der Waals surface area contributed by atoms with Gasteiger partial charge in [-0.2, -0.15) is 0 Å². The molecule has 1 aliphatic carbocycles. The van der Waals surface area contributed by atoms with Crippen molar-refractivity contribution in [3.8, 4) is 0 Å². The number of carbonyl (C=O) groups is 1. The van der Waals surface area contributed by atoms with Gasteiger partial charge in [0.15, 0.2) is 0 Å². The smallest absolute Gasteiger partial charge is 0.407 e. The summed E-state index contributed by atoms with van der Waals surface area (Å²) >= 11 is 0. The molecular weight excluding hydrogens is 238 g/mol. The van der Waals surface area contributed by atoms with Crippen molar-refractivity contribution >= 4 is 6.09 Å². The Morgan fingerprint density at radius 3 is 2.63 bits per heavy atom. The number of ether oxygens (including phenoxy) is 1. The largest absolute Gasteiger partial charge is 0.444 e. The number of aryl methyl sites for hydroxylation is 1. The fourth-order valence-electron chi connectivity index (χ4n) is 2.20. The van der Waals surface area contributed by atoms with E-state index in [-0.39, 0.29) is 6.09 Å². The maximum atomic E-state index is 11.6. The highest BCUT2D eigenvalue weighted by atomic mass is 16.6. The summed E-state index contributed by atoms with van der Waals surface area (Å²) in [7, 11) is 0. The lowest BCUT2D eigenvalue weighted by atomic mass is 10.1. The Bertz CT molecular complexity index is 422. The molecule has 1 aromatic carbocycles. The van der Waals surface area contributed by atoms with E-state index in [0.717, 1.165) is 19.3 Å². The molecule has 104 valence electrons. The van der Waals surface area contributed by atoms with E-state index in [9.17, 15) is 4.79 Å². The van der Waals surface area contributed by atoms with Crippen molar-refractivity contribution in [3.63, 3.8) is 0 Å². The van der Waals surface area contributed by atoms with E-state index in [1.54, 1.807) is 0 Å². The Labute approximate surface area is 115 Å². The summed E-state index contributed by atoms with van der Waals surface area (Å²) < 4.78 is 5.25. The van der Waals surface area contributed by atoms with Crippen LogP contribution in [-0.4, -0.2) is 17.7 Å². The predicted octanol–water partition coefficient (Wildman–Crippen LogP) is 3.53. The van der Waals surface area contributed by atoms with Crippen molar-refractivity contribution in [2.75, 3.05) is 0 Å². The summed E-state index contributed by atoms with van der Waals surface area (Å²) in [4.78, 5) is 11.6. The van der Waals surface area contributed by atoms with Gasteiger partial charge in [-0.25, -0.2) is 4.79 Å². The standard InChI is InChI=1S/C16H23NO2/c1-16(2,3)19-15(18)17-14-11-13(14)10-9-12-7-5-4-6-8-12/h4-8,13-14H,9-11H2,1-3H3,(H,17,18)/t13-,14-/m0/s1. The molecule has 0 saturated heterocycles. The number of nitrogens with one attached hydrogen (secondary N) is 1. The van der Waals surface area contributed by atoms with Gasteiger partial charge in [0.2, 0.25) is 0 Å². The fraction of sp³-hybridized carbons (Fsp3) is 0.562. The van der Waals surface area contributed by atoms with E-state index in [1.165, 1.54) is 5.56 Å². The van der Waals surface area contributed by atoms with Gasteiger partial charge in [0.1, 0.15) is 5.60 Å². The van der Waals surface area contributed by atoms with Gasteiger partial charge in [-0.1, -0.05) is 30.3 Å². The number of amides is 1. The number of hydrogen-bond acceptors (Lipinski definition) is 2. The van der Waals surface area contributed by atoms with Gasteiger partial charge in [0.25, 0.3) is 0 Å². The quantitative estimate of drug-likeness (QED) is 0.900. The molecule has 0 radical (unpaired) electrons. The van der Waals surface area contributed by atoms with Crippen LogP contribution in [0.15, 0.2) is 30.3 Å². The molecule has 0 unspecified atom stereocenters. The van der Waals surface area contributed by atoms with Crippen molar-refractivity contribution in [2.24, 2.45) is 5.92 Å². The number of hydrogen-bond donors (Lipinski definition) is 1. The Morgan fingerprint density at radius 1 is 1.32 bits per heavy atom. The lowest BCUT2D eigenvalue weighted by molar-refractivity contribution is 0.0521. The maximum absolute atomic E-state index is 11.6. The Kier molecular flexibility index (Phi) is 4.13. The van der Waals surface area contributed by atoms with Crippen LogP contribution in [0.25, 0.3) is 0 Å². The molecule has 1 fully saturated rings. The molecule has 0 spiro atoms. The molecule has 19 heavy (non-hydrogen) atoms. The number of carbonyl (C=O) groups excluding carboxylic acids is 1. The first-order chi connectivity index (χ1) is 8.94. The molecule has 3 heteroatoms. The molecule has 1 N–H and O–H groups in total. The Hall–Kier alpha value is -1.51. The minimum absolute atomic E-state index is 0.292. The summed E-state index contributed by atoms with van der Waals surface area (Å²) in [6.45, 7) is 5.64. The zero-order valence-corrected chi connectivity index (χ0v) is 12.0. The molecule has 1 saturated carbocycles. The molecule has 1 aliphatic rings. The Balaban J connectivity index is 1.66. The van der Waals surface area contributed by atoms with Crippen molar-refractivity contribution in [3.05, 3.63) is 35.9 Å². The van der Waals surface area contributed by atoms with Gasteiger partial charge >= 0.3 is 6.09 Å². The van der Waals surface area contributed by atoms with Crippen LogP contribution in [0.4, 0.5) is 4.79 Å². The lowest BCUT2D eigenvalue weighted by Crippen LogP contribution is -2.34. The third-order valence-corrected chi connectivity index (χ3v) is 3.27. The molecule has 0 bridgehead atoms. The Morgan fingerprint density at radius 2 is 2.00 bits per heavy atom. The first-order valence-corrected chi connectivity index (χ1v) is 6.97. The number of rotatable bonds is 4. The number of alkyl carbamates (subject to hydrolysis) is 1. The summed E-state index contributed by atoms with van der Waals surface area (Å²) in [5.41, 5.74) is 0.948. The van der Waals surface area contributed by atoms with Gasteiger partial charge < -0.3 is 10.1 Å². The van der Waals surface area contributed by atoms with E-state index in [4.69, 9.17) is 4.74 Å². The van der Waals surface area contributed by atoms with Gasteiger partial charge in [0, 0.05) is 6.04 Å². The van der Waals surface area contributed by atoms with Crippen molar-refractivity contribution in [1.29, 1.82) is 0 Å². The maximum Gasteiger partial charge on any atom is 0.407 e. The normalized spacial score (nSPS) is 21.8. The summed E-state index contributed by atoms with van der Waals surface area (Å²) in [6.07, 6.45) is 2.99.